The lowest BCUT2D eigenvalue weighted by Crippen LogP contribution is -2.43. The molecule has 6 nitrogen and oxygen atoms in total. The van der Waals surface area contributed by atoms with Crippen molar-refractivity contribution in [2.45, 2.75) is 38.1 Å². The van der Waals surface area contributed by atoms with Gasteiger partial charge < -0.3 is 14.9 Å². The molecule has 1 atom stereocenters. The molecule has 0 spiro atoms. The first kappa shape index (κ1) is 15.5. The lowest BCUT2D eigenvalue weighted by molar-refractivity contribution is -0.148. The first-order chi connectivity index (χ1) is 11.1. The molecule has 6 heteroatoms. The highest BCUT2D eigenvalue weighted by atomic mass is 16.4. The number of aryl methyl sites for hydroxylation is 1. The monoisotopic (exact) mass is 316 g/mol. The standard InChI is InChI=1S/C17H20N2O4/c20-15-8-7-12-4-1-2-5-13(12)19(15)11-9-16(21)18-10-3-6-14(18)17(22)23/h1-2,4-5,14H,3,6-11H2,(H,22,23)/t14-/m1/s1. The predicted octanol–water partition coefficient (Wildman–Crippen LogP) is 1.43. The van der Waals surface area contributed by atoms with Crippen molar-refractivity contribution in [2.24, 2.45) is 0 Å². The van der Waals surface area contributed by atoms with Gasteiger partial charge in [0.2, 0.25) is 11.8 Å². The number of hydrogen-bond donors (Lipinski definition) is 1. The SMILES string of the molecule is O=C(O)[C@H]1CCCN1C(=O)CCN1C(=O)CCc2ccccc21. The van der Waals surface area contributed by atoms with E-state index in [4.69, 9.17) is 5.11 Å². The summed E-state index contributed by atoms with van der Waals surface area (Å²) in [7, 11) is 0. The van der Waals surface area contributed by atoms with Gasteiger partial charge in [-0.05, 0) is 30.9 Å². The van der Waals surface area contributed by atoms with Crippen LogP contribution >= 0.6 is 0 Å². The van der Waals surface area contributed by atoms with E-state index >= 15 is 0 Å². The maximum absolute atomic E-state index is 12.3. The maximum Gasteiger partial charge on any atom is 0.326 e. The highest BCUT2D eigenvalue weighted by molar-refractivity contribution is 5.97. The van der Waals surface area contributed by atoms with Crippen LogP contribution in [-0.2, 0) is 20.8 Å². The van der Waals surface area contributed by atoms with Crippen LogP contribution in [0.4, 0.5) is 5.69 Å². The van der Waals surface area contributed by atoms with E-state index in [9.17, 15) is 14.4 Å². The van der Waals surface area contributed by atoms with Crippen molar-refractivity contribution in [1.82, 2.24) is 4.90 Å². The Morgan fingerprint density at radius 3 is 2.78 bits per heavy atom. The predicted molar refractivity (Wildman–Crippen MR) is 84.1 cm³/mol. The third-order valence-corrected chi connectivity index (χ3v) is 4.60. The van der Waals surface area contributed by atoms with Gasteiger partial charge in [0.25, 0.3) is 0 Å². The Balaban J connectivity index is 1.67. The third kappa shape index (κ3) is 3.06. The number of aliphatic carboxylic acids is 1. The van der Waals surface area contributed by atoms with E-state index in [-0.39, 0.29) is 18.2 Å². The summed E-state index contributed by atoms with van der Waals surface area (Å²) in [6, 6.07) is 7.00. The topological polar surface area (TPSA) is 77.9 Å². The van der Waals surface area contributed by atoms with E-state index in [1.807, 2.05) is 24.3 Å². The number of carboxylic acids is 1. The van der Waals surface area contributed by atoms with Gasteiger partial charge in [-0.15, -0.1) is 0 Å². The van der Waals surface area contributed by atoms with Crippen LogP contribution in [0, 0.1) is 0 Å². The number of likely N-dealkylation sites (tertiary alicyclic amines) is 1. The normalized spacial score (nSPS) is 20.5. The van der Waals surface area contributed by atoms with Gasteiger partial charge in [-0.3, -0.25) is 9.59 Å². The summed E-state index contributed by atoms with van der Waals surface area (Å²) in [6.45, 7) is 0.790. The van der Waals surface area contributed by atoms with Crippen molar-refractivity contribution < 1.29 is 19.5 Å². The fraction of sp³-hybridized carbons (Fsp3) is 0.471. The average molecular weight is 316 g/mol. The third-order valence-electron chi connectivity index (χ3n) is 4.60. The molecule has 2 heterocycles. The largest absolute Gasteiger partial charge is 0.480 e. The maximum atomic E-state index is 12.3. The van der Waals surface area contributed by atoms with Crippen LogP contribution in [0.1, 0.15) is 31.2 Å². The molecular formula is C17H20N2O4. The van der Waals surface area contributed by atoms with Crippen molar-refractivity contribution in [3.63, 3.8) is 0 Å². The smallest absolute Gasteiger partial charge is 0.326 e. The van der Waals surface area contributed by atoms with Gasteiger partial charge in [0.1, 0.15) is 6.04 Å². The van der Waals surface area contributed by atoms with E-state index in [1.54, 1.807) is 4.90 Å². The minimum Gasteiger partial charge on any atom is -0.480 e. The van der Waals surface area contributed by atoms with Crippen molar-refractivity contribution in [1.29, 1.82) is 0 Å². The fourth-order valence-electron chi connectivity index (χ4n) is 3.41. The van der Waals surface area contributed by atoms with Gasteiger partial charge in [0.05, 0.1) is 0 Å². The summed E-state index contributed by atoms with van der Waals surface area (Å²) in [5, 5.41) is 9.16. The van der Waals surface area contributed by atoms with Crippen molar-refractivity contribution in [3.8, 4) is 0 Å². The summed E-state index contributed by atoms with van der Waals surface area (Å²) >= 11 is 0. The van der Waals surface area contributed by atoms with E-state index in [0.717, 1.165) is 17.7 Å². The van der Waals surface area contributed by atoms with Crippen LogP contribution < -0.4 is 4.90 Å². The number of nitrogens with zero attached hydrogens (tertiary/aromatic N) is 2. The van der Waals surface area contributed by atoms with E-state index < -0.39 is 12.0 Å². The minimum absolute atomic E-state index is 0.0210. The second kappa shape index (κ2) is 6.40. The summed E-state index contributed by atoms with van der Waals surface area (Å²) < 4.78 is 0. The number of carboxylic acid groups (broad SMARTS) is 1. The molecule has 2 aliphatic heterocycles. The molecule has 1 N–H and O–H groups in total. The molecule has 122 valence electrons. The minimum atomic E-state index is -0.949. The lowest BCUT2D eigenvalue weighted by Gasteiger charge is -2.30. The first-order valence-corrected chi connectivity index (χ1v) is 7.98. The molecule has 2 amide bonds. The molecule has 2 aliphatic rings. The Labute approximate surface area is 134 Å². The van der Waals surface area contributed by atoms with Crippen LogP contribution in [0.25, 0.3) is 0 Å². The molecule has 23 heavy (non-hydrogen) atoms. The molecular weight excluding hydrogens is 296 g/mol. The van der Waals surface area contributed by atoms with Crippen LogP contribution in [0.5, 0.6) is 0 Å². The number of carbonyl (C=O) groups is 3. The number of para-hydroxylation sites is 1. The van der Waals surface area contributed by atoms with Gasteiger partial charge >= 0.3 is 5.97 Å². The highest BCUT2D eigenvalue weighted by Gasteiger charge is 2.34. The van der Waals surface area contributed by atoms with Crippen molar-refractivity contribution >= 4 is 23.5 Å². The fourth-order valence-corrected chi connectivity index (χ4v) is 3.41. The lowest BCUT2D eigenvalue weighted by atomic mass is 10.0. The van der Waals surface area contributed by atoms with Gasteiger partial charge in [0, 0.05) is 31.6 Å². The van der Waals surface area contributed by atoms with E-state index in [2.05, 4.69) is 0 Å². The van der Waals surface area contributed by atoms with Gasteiger partial charge in [-0.1, -0.05) is 18.2 Å². The summed E-state index contributed by atoms with van der Waals surface area (Å²) in [4.78, 5) is 38.8. The highest BCUT2D eigenvalue weighted by Crippen LogP contribution is 2.28. The zero-order valence-corrected chi connectivity index (χ0v) is 12.9. The van der Waals surface area contributed by atoms with Crippen LogP contribution in [0.3, 0.4) is 0 Å². The zero-order valence-electron chi connectivity index (χ0n) is 12.9. The second-order valence-corrected chi connectivity index (χ2v) is 6.01. The number of benzene rings is 1. The summed E-state index contributed by atoms with van der Waals surface area (Å²) in [5.41, 5.74) is 1.98. The Bertz CT molecular complexity index is 643. The van der Waals surface area contributed by atoms with Crippen molar-refractivity contribution in [3.05, 3.63) is 29.8 Å². The second-order valence-electron chi connectivity index (χ2n) is 6.01. The molecule has 1 aromatic carbocycles. The summed E-state index contributed by atoms with van der Waals surface area (Å²) in [5.74, 6) is -1.12. The molecule has 0 saturated carbocycles. The molecule has 3 rings (SSSR count). The Morgan fingerprint density at radius 1 is 1.22 bits per heavy atom. The molecule has 0 aliphatic carbocycles. The number of fused-ring (bicyclic) bond motifs is 1. The van der Waals surface area contributed by atoms with Gasteiger partial charge in [0.15, 0.2) is 0 Å². The Kier molecular flexibility index (Phi) is 4.32. The van der Waals surface area contributed by atoms with E-state index in [1.165, 1.54) is 4.90 Å². The van der Waals surface area contributed by atoms with Crippen LogP contribution in [0.2, 0.25) is 0 Å². The van der Waals surface area contributed by atoms with Gasteiger partial charge in [-0.2, -0.15) is 0 Å². The van der Waals surface area contributed by atoms with Gasteiger partial charge in [-0.25, -0.2) is 4.79 Å². The molecule has 1 fully saturated rings. The average Bonchev–Trinajstić information content (AvgIpc) is 3.03. The molecule has 1 aromatic rings. The van der Waals surface area contributed by atoms with E-state index in [0.29, 0.717) is 32.4 Å². The number of hydrogen-bond acceptors (Lipinski definition) is 3. The number of anilines is 1. The Morgan fingerprint density at radius 2 is 2.00 bits per heavy atom. The van der Waals surface area contributed by atoms with Crippen LogP contribution in [-0.4, -0.2) is 46.9 Å². The molecule has 0 unspecified atom stereocenters. The quantitative estimate of drug-likeness (QED) is 0.911. The number of rotatable bonds is 4. The number of carbonyl (C=O) groups excluding carboxylic acids is 2. The molecule has 1 saturated heterocycles. The van der Waals surface area contributed by atoms with Crippen molar-refractivity contribution in [2.75, 3.05) is 18.0 Å². The van der Waals surface area contributed by atoms with Crippen LogP contribution in [0.15, 0.2) is 24.3 Å². The molecule has 0 aromatic heterocycles. The summed E-state index contributed by atoms with van der Waals surface area (Å²) in [6.07, 6.45) is 2.56. The first-order valence-electron chi connectivity index (χ1n) is 7.98. The number of amides is 2. The zero-order chi connectivity index (χ0) is 16.4. The molecule has 0 bridgehead atoms. The Hall–Kier alpha value is -2.37. The molecule has 0 radical (unpaired) electrons.